The second-order valence-electron chi connectivity index (χ2n) is 5.70. The molecule has 0 bridgehead atoms. The minimum absolute atomic E-state index is 0.0403. The summed E-state index contributed by atoms with van der Waals surface area (Å²) in [5, 5.41) is 9.28. The standard InChI is InChI=1S/C18H24N2O5S2/c1-3-19(4-2)26(22,23)17-10-12-18(13-11-17)27(24,25)20(14-15-21)16-8-6-5-7-9-16/h5-13,21H,3-4,14-15H2,1-2H3. The highest BCUT2D eigenvalue weighted by atomic mass is 32.2. The Bertz CT molecular complexity index is 939. The molecular weight excluding hydrogens is 388 g/mol. The van der Waals surface area contributed by atoms with Gasteiger partial charge in [0.1, 0.15) is 0 Å². The van der Waals surface area contributed by atoms with Crippen molar-refractivity contribution in [1.29, 1.82) is 0 Å². The van der Waals surface area contributed by atoms with Crippen LogP contribution in [-0.4, -0.2) is 52.5 Å². The van der Waals surface area contributed by atoms with Crippen LogP contribution < -0.4 is 4.31 Å². The lowest BCUT2D eigenvalue weighted by molar-refractivity contribution is 0.306. The van der Waals surface area contributed by atoms with E-state index in [0.29, 0.717) is 18.8 Å². The third kappa shape index (κ3) is 4.49. The van der Waals surface area contributed by atoms with Gasteiger partial charge in [0.2, 0.25) is 10.0 Å². The lowest BCUT2D eigenvalue weighted by atomic mass is 10.3. The zero-order valence-electron chi connectivity index (χ0n) is 15.3. The second-order valence-corrected chi connectivity index (χ2v) is 9.50. The van der Waals surface area contributed by atoms with Crippen molar-refractivity contribution in [3.63, 3.8) is 0 Å². The summed E-state index contributed by atoms with van der Waals surface area (Å²) >= 11 is 0. The first kappa shape index (κ1) is 21.4. The third-order valence-electron chi connectivity index (χ3n) is 4.10. The van der Waals surface area contributed by atoms with Crippen molar-refractivity contribution in [1.82, 2.24) is 4.31 Å². The SMILES string of the molecule is CCN(CC)S(=O)(=O)c1ccc(S(=O)(=O)N(CCO)c2ccccc2)cc1. The van der Waals surface area contributed by atoms with Crippen molar-refractivity contribution in [3.05, 3.63) is 54.6 Å². The van der Waals surface area contributed by atoms with Crippen LogP contribution in [0, 0.1) is 0 Å². The summed E-state index contributed by atoms with van der Waals surface area (Å²) in [6.45, 7) is 3.70. The van der Waals surface area contributed by atoms with Crippen LogP contribution in [-0.2, 0) is 20.0 Å². The lowest BCUT2D eigenvalue weighted by Crippen LogP contribution is -2.33. The van der Waals surface area contributed by atoms with Gasteiger partial charge in [-0.2, -0.15) is 4.31 Å². The van der Waals surface area contributed by atoms with Gasteiger partial charge in [0, 0.05) is 13.1 Å². The van der Waals surface area contributed by atoms with E-state index in [0.717, 1.165) is 4.31 Å². The number of nitrogens with zero attached hydrogens (tertiary/aromatic N) is 2. The van der Waals surface area contributed by atoms with Crippen molar-refractivity contribution in [2.45, 2.75) is 23.6 Å². The van der Waals surface area contributed by atoms with E-state index in [1.54, 1.807) is 44.2 Å². The summed E-state index contributed by atoms with van der Waals surface area (Å²) in [7, 11) is -7.61. The fourth-order valence-corrected chi connectivity index (χ4v) is 5.61. The monoisotopic (exact) mass is 412 g/mol. The Hall–Kier alpha value is -1.94. The average molecular weight is 413 g/mol. The third-order valence-corrected chi connectivity index (χ3v) is 8.01. The molecule has 1 N–H and O–H groups in total. The second kappa shape index (κ2) is 8.83. The highest BCUT2D eigenvalue weighted by molar-refractivity contribution is 7.92. The van der Waals surface area contributed by atoms with E-state index in [1.165, 1.54) is 28.6 Å². The molecule has 0 unspecified atom stereocenters. The van der Waals surface area contributed by atoms with Crippen LogP contribution in [0.1, 0.15) is 13.8 Å². The van der Waals surface area contributed by atoms with Crippen LogP contribution in [0.4, 0.5) is 5.69 Å². The molecule has 0 fully saturated rings. The van der Waals surface area contributed by atoms with Crippen LogP contribution in [0.2, 0.25) is 0 Å². The van der Waals surface area contributed by atoms with E-state index in [1.807, 2.05) is 0 Å². The summed E-state index contributed by atoms with van der Waals surface area (Å²) in [5.74, 6) is 0. The summed E-state index contributed by atoms with van der Waals surface area (Å²) < 4.78 is 53.5. The fraction of sp³-hybridized carbons (Fsp3) is 0.333. The molecule has 9 heteroatoms. The van der Waals surface area contributed by atoms with E-state index < -0.39 is 20.0 Å². The van der Waals surface area contributed by atoms with Gasteiger partial charge in [-0.25, -0.2) is 16.8 Å². The molecule has 27 heavy (non-hydrogen) atoms. The summed E-state index contributed by atoms with van der Waals surface area (Å²) in [4.78, 5) is -0.00290. The molecule has 0 saturated carbocycles. The minimum Gasteiger partial charge on any atom is -0.394 e. The Kier molecular flexibility index (Phi) is 6.99. The van der Waals surface area contributed by atoms with E-state index in [2.05, 4.69) is 0 Å². The lowest BCUT2D eigenvalue weighted by Gasteiger charge is -2.24. The number of aliphatic hydroxyl groups excluding tert-OH is 1. The van der Waals surface area contributed by atoms with Crippen molar-refractivity contribution < 1.29 is 21.9 Å². The van der Waals surface area contributed by atoms with Gasteiger partial charge in [0.05, 0.1) is 28.6 Å². The highest BCUT2D eigenvalue weighted by Gasteiger charge is 2.26. The first-order valence-electron chi connectivity index (χ1n) is 8.57. The van der Waals surface area contributed by atoms with E-state index in [-0.39, 0.29) is 22.9 Å². The number of hydrogen-bond donors (Lipinski definition) is 1. The fourth-order valence-electron chi connectivity index (χ4n) is 2.70. The number of sulfonamides is 2. The van der Waals surface area contributed by atoms with Crippen molar-refractivity contribution in [2.75, 3.05) is 30.5 Å². The molecule has 0 aliphatic rings. The Morgan fingerprint density at radius 3 is 1.70 bits per heavy atom. The van der Waals surface area contributed by atoms with Crippen LogP contribution in [0.25, 0.3) is 0 Å². The van der Waals surface area contributed by atoms with Gasteiger partial charge >= 0.3 is 0 Å². The van der Waals surface area contributed by atoms with Gasteiger partial charge in [-0.3, -0.25) is 4.31 Å². The number of aliphatic hydroxyl groups is 1. The molecule has 7 nitrogen and oxygen atoms in total. The van der Waals surface area contributed by atoms with E-state index in [4.69, 9.17) is 0 Å². The predicted octanol–water partition coefficient (Wildman–Crippen LogP) is 1.90. The molecule has 0 aromatic heterocycles. The maximum atomic E-state index is 13.0. The topological polar surface area (TPSA) is 95.0 Å². The summed E-state index contributed by atoms with van der Waals surface area (Å²) in [6.07, 6.45) is 0. The molecule has 2 rings (SSSR count). The van der Waals surface area contributed by atoms with E-state index in [9.17, 15) is 21.9 Å². The van der Waals surface area contributed by atoms with Gasteiger partial charge in [-0.1, -0.05) is 32.0 Å². The number of anilines is 1. The van der Waals surface area contributed by atoms with Crippen LogP contribution in [0.3, 0.4) is 0 Å². The molecule has 0 amide bonds. The zero-order valence-corrected chi connectivity index (χ0v) is 16.9. The average Bonchev–Trinajstić information content (AvgIpc) is 2.67. The van der Waals surface area contributed by atoms with Crippen molar-refractivity contribution in [2.24, 2.45) is 0 Å². The molecule has 0 radical (unpaired) electrons. The molecular formula is C18H24N2O5S2. The molecule has 148 valence electrons. The smallest absolute Gasteiger partial charge is 0.264 e. The Morgan fingerprint density at radius 1 is 0.778 bits per heavy atom. The molecule has 0 saturated heterocycles. The number of benzene rings is 2. The summed E-state index contributed by atoms with van der Waals surface area (Å²) in [6, 6.07) is 13.6. The maximum absolute atomic E-state index is 13.0. The van der Waals surface area contributed by atoms with Gasteiger partial charge in [-0.15, -0.1) is 0 Å². The number of rotatable bonds is 9. The first-order valence-corrected chi connectivity index (χ1v) is 11.5. The Balaban J connectivity index is 2.42. The normalized spacial score (nSPS) is 12.3. The predicted molar refractivity (Wildman–Crippen MR) is 105 cm³/mol. The van der Waals surface area contributed by atoms with Crippen LogP contribution in [0.15, 0.2) is 64.4 Å². The van der Waals surface area contributed by atoms with Gasteiger partial charge in [0.25, 0.3) is 10.0 Å². The molecule has 2 aromatic carbocycles. The first-order chi connectivity index (χ1) is 12.8. The van der Waals surface area contributed by atoms with Gasteiger partial charge < -0.3 is 5.11 Å². The van der Waals surface area contributed by atoms with E-state index >= 15 is 0 Å². The quantitative estimate of drug-likeness (QED) is 0.679. The minimum atomic E-state index is -3.94. The summed E-state index contributed by atoms with van der Waals surface area (Å²) in [5.41, 5.74) is 0.423. The number of hydrogen-bond acceptors (Lipinski definition) is 5. The van der Waals surface area contributed by atoms with Gasteiger partial charge in [-0.05, 0) is 36.4 Å². The molecule has 0 aliphatic heterocycles. The number of para-hydroxylation sites is 1. The Labute approximate surface area is 161 Å². The van der Waals surface area contributed by atoms with Crippen LogP contribution in [0.5, 0.6) is 0 Å². The molecule has 2 aromatic rings. The van der Waals surface area contributed by atoms with Crippen LogP contribution >= 0.6 is 0 Å². The molecule has 0 heterocycles. The molecule has 0 spiro atoms. The van der Waals surface area contributed by atoms with Crippen molar-refractivity contribution >= 4 is 25.7 Å². The van der Waals surface area contributed by atoms with Gasteiger partial charge in [0.15, 0.2) is 0 Å². The molecule has 0 aliphatic carbocycles. The largest absolute Gasteiger partial charge is 0.394 e. The maximum Gasteiger partial charge on any atom is 0.264 e. The van der Waals surface area contributed by atoms with Crippen molar-refractivity contribution in [3.8, 4) is 0 Å². The zero-order chi connectivity index (χ0) is 20.1. The highest BCUT2D eigenvalue weighted by Crippen LogP contribution is 2.25. The molecule has 0 atom stereocenters. The Morgan fingerprint density at radius 2 is 1.26 bits per heavy atom.